The van der Waals surface area contributed by atoms with Gasteiger partial charge in [0.05, 0.1) is 25.9 Å². The predicted octanol–water partition coefficient (Wildman–Crippen LogP) is 2.24. The van der Waals surface area contributed by atoms with Crippen LogP contribution in [0.5, 0.6) is 0 Å². The van der Waals surface area contributed by atoms with Gasteiger partial charge in [0.15, 0.2) is 0 Å². The third-order valence-corrected chi connectivity index (χ3v) is 6.85. The molecule has 0 N–H and O–H groups in total. The molecular formula is C21H30N2O2. The van der Waals surface area contributed by atoms with Gasteiger partial charge in [-0.2, -0.15) is 0 Å². The molecule has 4 heteroatoms. The molecule has 5 rings (SSSR count). The van der Waals surface area contributed by atoms with Gasteiger partial charge in [0.2, 0.25) is 0 Å². The maximum Gasteiger partial charge on any atom is 0.0605 e. The van der Waals surface area contributed by atoms with E-state index in [4.69, 9.17) is 9.47 Å². The van der Waals surface area contributed by atoms with Crippen LogP contribution in [0.3, 0.4) is 0 Å². The molecule has 2 saturated carbocycles. The summed E-state index contributed by atoms with van der Waals surface area (Å²) in [6.07, 6.45) is 3.00. The lowest BCUT2D eigenvalue weighted by atomic mass is 9.87. The Bertz CT molecular complexity index is 557. The number of ether oxygens (including phenoxy) is 2. The number of morpholine rings is 1. The molecule has 0 radical (unpaired) electrons. The van der Waals surface area contributed by atoms with Gasteiger partial charge in [-0.15, -0.1) is 0 Å². The first-order valence-corrected chi connectivity index (χ1v) is 10.1. The van der Waals surface area contributed by atoms with Crippen LogP contribution in [0.2, 0.25) is 0 Å². The number of benzene rings is 1. The lowest BCUT2D eigenvalue weighted by Crippen LogP contribution is -2.52. The number of likely N-dealkylation sites (tertiary alicyclic amines) is 1. The summed E-state index contributed by atoms with van der Waals surface area (Å²) in [5.74, 6) is 2.65. The summed E-state index contributed by atoms with van der Waals surface area (Å²) in [5.41, 5.74) is 1.44. The van der Waals surface area contributed by atoms with E-state index in [1.165, 1.54) is 31.5 Å². The van der Waals surface area contributed by atoms with E-state index in [0.29, 0.717) is 6.10 Å². The number of hydrogen-bond acceptors (Lipinski definition) is 4. The monoisotopic (exact) mass is 342 g/mol. The van der Waals surface area contributed by atoms with Gasteiger partial charge in [-0.1, -0.05) is 30.3 Å². The van der Waals surface area contributed by atoms with Crippen molar-refractivity contribution in [3.05, 3.63) is 35.9 Å². The predicted molar refractivity (Wildman–Crippen MR) is 97.3 cm³/mol. The standard InChI is InChI=1S/C21H30N2O2/c1-2-4-16(5-3-1)12-22-13-19-20(14-22)21(19)15-25-18-10-17(11-18)23-6-8-24-9-7-23/h1-5,17-21H,6-15H2. The molecule has 4 fully saturated rings. The first-order chi connectivity index (χ1) is 12.4. The van der Waals surface area contributed by atoms with Crippen molar-refractivity contribution in [2.45, 2.75) is 31.5 Å². The van der Waals surface area contributed by atoms with Crippen LogP contribution in [0.4, 0.5) is 0 Å². The topological polar surface area (TPSA) is 24.9 Å². The fraction of sp³-hybridized carbons (Fsp3) is 0.714. The van der Waals surface area contributed by atoms with Crippen molar-refractivity contribution in [3.63, 3.8) is 0 Å². The Kier molecular flexibility index (Phi) is 4.55. The number of hydrogen-bond donors (Lipinski definition) is 0. The molecule has 25 heavy (non-hydrogen) atoms. The van der Waals surface area contributed by atoms with Crippen LogP contribution in [0.25, 0.3) is 0 Å². The van der Waals surface area contributed by atoms with Crippen molar-refractivity contribution in [2.24, 2.45) is 17.8 Å². The number of piperidine rings is 1. The summed E-state index contributed by atoms with van der Waals surface area (Å²) in [5, 5.41) is 0. The third kappa shape index (κ3) is 3.50. The molecule has 2 aliphatic carbocycles. The van der Waals surface area contributed by atoms with E-state index in [-0.39, 0.29) is 0 Å². The molecule has 0 bridgehead atoms. The molecule has 4 aliphatic rings. The van der Waals surface area contributed by atoms with Crippen LogP contribution in [0.15, 0.2) is 30.3 Å². The van der Waals surface area contributed by atoms with Crippen molar-refractivity contribution in [3.8, 4) is 0 Å². The van der Waals surface area contributed by atoms with E-state index in [9.17, 15) is 0 Å². The van der Waals surface area contributed by atoms with E-state index in [0.717, 1.165) is 63.3 Å². The van der Waals surface area contributed by atoms with Crippen molar-refractivity contribution < 1.29 is 9.47 Å². The van der Waals surface area contributed by atoms with Crippen molar-refractivity contribution in [2.75, 3.05) is 46.0 Å². The first kappa shape index (κ1) is 16.2. The van der Waals surface area contributed by atoms with Crippen molar-refractivity contribution in [1.82, 2.24) is 9.80 Å². The molecule has 1 aromatic carbocycles. The largest absolute Gasteiger partial charge is 0.379 e. The van der Waals surface area contributed by atoms with Gasteiger partial charge in [0, 0.05) is 38.8 Å². The molecular weight excluding hydrogens is 312 g/mol. The van der Waals surface area contributed by atoms with Crippen molar-refractivity contribution in [1.29, 1.82) is 0 Å². The molecule has 136 valence electrons. The Hall–Kier alpha value is -0.940. The zero-order valence-corrected chi connectivity index (χ0v) is 15.1. The molecule has 2 aliphatic heterocycles. The normalized spacial score (nSPS) is 38.3. The Morgan fingerprint density at radius 3 is 2.44 bits per heavy atom. The molecule has 2 unspecified atom stereocenters. The molecule has 0 spiro atoms. The molecule has 2 heterocycles. The lowest BCUT2D eigenvalue weighted by molar-refractivity contribution is -0.0788. The molecule has 1 aromatic rings. The van der Waals surface area contributed by atoms with Crippen LogP contribution < -0.4 is 0 Å². The minimum Gasteiger partial charge on any atom is -0.379 e. The van der Waals surface area contributed by atoms with E-state index < -0.39 is 0 Å². The van der Waals surface area contributed by atoms with Crippen LogP contribution in [-0.2, 0) is 16.0 Å². The maximum absolute atomic E-state index is 6.24. The van der Waals surface area contributed by atoms with Crippen LogP contribution >= 0.6 is 0 Å². The fourth-order valence-corrected chi connectivity index (χ4v) is 5.12. The second-order valence-electron chi connectivity index (χ2n) is 8.40. The van der Waals surface area contributed by atoms with Gasteiger partial charge in [-0.05, 0) is 36.2 Å². The molecule has 2 atom stereocenters. The van der Waals surface area contributed by atoms with Gasteiger partial charge in [0.1, 0.15) is 0 Å². The Morgan fingerprint density at radius 1 is 1.00 bits per heavy atom. The van der Waals surface area contributed by atoms with Crippen LogP contribution in [-0.4, -0.2) is 67.9 Å². The van der Waals surface area contributed by atoms with E-state index in [1.54, 1.807) is 0 Å². The second-order valence-corrected chi connectivity index (χ2v) is 8.40. The summed E-state index contributed by atoms with van der Waals surface area (Å²) in [4.78, 5) is 5.22. The first-order valence-electron chi connectivity index (χ1n) is 10.1. The summed E-state index contributed by atoms with van der Waals surface area (Å²) in [6.45, 7) is 8.71. The van der Waals surface area contributed by atoms with E-state index in [1.807, 2.05) is 0 Å². The highest BCUT2D eigenvalue weighted by atomic mass is 16.5. The second kappa shape index (κ2) is 6.99. The minimum atomic E-state index is 0.523. The lowest BCUT2D eigenvalue weighted by Gasteiger charge is -2.44. The maximum atomic E-state index is 6.24. The summed E-state index contributed by atoms with van der Waals surface area (Å²) in [7, 11) is 0. The SMILES string of the molecule is c1ccc(CN2CC3C(COC4CC(N5CCOCC5)C4)C3C2)cc1. The van der Waals surface area contributed by atoms with Gasteiger partial charge in [0.25, 0.3) is 0 Å². The molecule has 0 aromatic heterocycles. The van der Waals surface area contributed by atoms with Crippen LogP contribution in [0.1, 0.15) is 18.4 Å². The minimum absolute atomic E-state index is 0.523. The highest BCUT2D eigenvalue weighted by Crippen LogP contribution is 2.52. The average molecular weight is 342 g/mol. The Morgan fingerprint density at radius 2 is 1.72 bits per heavy atom. The van der Waals surface area contributed by atoms with E-state index in [2.05, 4.69) is 40.1 Å². The van der Waals surface area contributed by atoms with Gasteiger partial charge in [-0.3, -0.25) is 9.80 Å². The third-order valence-electron chi connectivity index (χ3n) is 6.85. The highest BCUT2D eigenvalue weighted by molar-refractivity contribution is 5.16. The fourth-order valence-electron chi connectivity index (χ4n) is 5.12. The smallest absolute Gasteiger partial charge is 0.0605 e. The molecule has 0 amide bonds. The zero-order chi connectivity index (χ0) is 16.6. The van der Waals surface area contributed by atoms with Gasteiger partial charge >= 0.3 is 0 Å². The average Bonchev–Trinajstić information content (AvgIpc) is 3.07. The van der Waals surface area contributed by atoms with E-state index >= 15 is 0 Å². The Balaban J connectivity index is 0.991. The Labute approximate surface area is 151 Å². The van der Waals surface area contributed by atoms with Gasteiger partial charge < -0.3 is 9.47 Å². The highest BCUT2D eigenvalue weighted by Gasteiger charge is 2.55. The van der Waals surface area contributed by atoms with Gasteiger partial charge in [-0.25, -0.2) is 0 Å². The number of rotatable bonds is 6. The number of nitrogens with zero attached hydrogens (tertiary/aromatic N) is 2. The zero-order valence-electron chi connectivity index (χ0n) is 15.1. The molecule has 2 saturated heterocycles. The molecule has 4 nitrogen and oxygen atoms in total. The quantitative estimate of drug-likeness (QED) is 0.792. The summed E-state index contributed by atoms with van der Waals surface area (Å²) >= 11 is 0. The van der Waals surface area contributed by atoms with Crippen molar-refractivity contribution >= 4 is 0 Å². The summed E-state index contributed by atoms with van der Waals surface area (Å²) < 4.78 is 11.7. The number of fused-ring (bicyclic) bond motifs is 1. The van der Waals surface area contributed by atoms with Crippen LogP contribution in [0, 0.1) is 17.8 Å². The summed E-state index contributed by atoms with van der Waals surface area (Å²) in [6, 6.07) is 11.6.